The van der Waals surface area contributed by atoms with E-state index in [1.807, 2.05) is 6.07 Å². The van der Waals surface area contributed by atoms with E-state index >= 15 is 4.39 Å². The average molecular weight is 621 g/mol. The second-order valence-electron chi connectivity index (χ2n) is 13.1. The van der Waals surface area contributed by atoms with Gasteiger partial charge in [0.15, 0.2) is 17.9 Å². The second-order valence-corrected chi connectivity index (χ2v) is 13.1. The lowest BCUT2D eigenvalue weighted by Gasteiger charge is -2.38. The lowest BCUT2D eigenvalue weighted by atomic mass is 9.74. The zero-order valence-corrected chi connectivity index (χ0v) is 26.2. The maximum atomic E-state index is 15.3. The molecular formula is C36H48F4O4. The molecule has 44 heavy (non-hydrogen) atoms. The van der Waals surface area contributed by atoms with Crippen LogP contribution in [-0.2, 0) is 9.47 Å². The fourth-order valence-corrected chi connectivity index (χ4v) is 7.43. The van der Waals surface area contributed by atoms with Gasteiger partial charge in [0.1, 0.15) is 11.6 Å². The van der Waals surface area contributed by atoms with Gasteiger partial charge in [-0.1, -0.05) is 57.6 Å². The predicted octanol–water partition coefficient (Wildman–Crippen LogP) is 10.4. The van der Waals surface area contributed by atoms with Crippen LogP contribution in [0.4, 0.5) is 17.6 Å². The van der Waals surface area contributed by atoms with Crippen molar-refractivity contribution in [1.82, 2.24) is 0 Å². The fraction of sp³-hybridized carbons (Fsp3) is 0.667. The maximum Gasteiger partial charge on any atom is 0.400 e. The highest BCUT2D eigenvalue weighted by Gasteiger charge is 2.44. The Labute approximate surface area is 259 Å². The average Bonchev–Trinajstić information content (AvgIpc) is 3.03. The molecule has 244 valence electrons. The first-order chi connectivity index (χ1) is 21.3. The molecule has 0 unspecified atom stereocenters. The predicted molar refractivity (Wildman–Crippen MR) is 162 cm³/mol. The van der Waals surface area contributed by atoms with Gasteiger partial charge < -0.3 is 18.9 Å². The second kappa shape index (κ2) is 15.3. The Morgan fingerprint density at radius 3 is 2.16 bits per heavy atom. The first kappa shape index (κ1) is 33.1. The number of benzene rings is 2. The molecule has 2 saturated carbocycles. The lowest BCUT2D eigenvalue weighted by molar-refractivity contribution is -0.222. The van der Waals surface area contributed by atoms with E-state index in [4.69, 9.17) is 18.9 Å². The highest BCUT2D eigenvalue weighted by atomic mass is 19.3. The van der Waals surface area contributed by atoms with Crippen LogP contribution in [0.25, 0.3) is 0 Å². The van der Waals surface area contributed by atoms with Crippen molar-refractivity contribution in [1.29, 1.82) is 0 Å². The van der Waals surface area contributed by atoms with E-state index in [9.17, 15) is 13.2 Å². The molecule has 2 aromatic rings. The number of hydrogen-bond acceptors (Lipinski definition) is 4. The largest absolute Gasteiger partial charge is 0.491 e. The third kappa shape index (κ3) is 8.28. The molecule has 0 atom stereocenters. The standard InChI is InChI=1S/C36H48F4O4/c1-3-5-6-7-24-8-10-25(11-9-24)28-22-42-35(43-23-28)27-14-18-31(32(37)20-27)26-12-15-29(16-13-26)36(39,40)44-30-17-19-34(41-4-2)33(38)21-30/h14,17-21,24-26,28-29,35H,3-13,15-16,22-23H2,1-2H3. The van der Waals surface area contributed by atoms with E-state index in [0.717, 1.165) is 12.0 Å². The molecule has 2 aromatic carbocycles. The fourth-order valence-electron chi connectivity index (χ4n) is 7.43. The number of hydrogen-bond donors (Lipinski definition) is 0. The molecule has 1 heterocycles. The zero-order valence-electron chi connectivity index (χ0n) is 26.2. The molecule has 1 saturated heterocycles. The number of rotatable bonds is 12. The monoisotopic (exact) mass is 620 g/mol. The van der Waals surface area contributed by atoms with Gasteiger partial charge in [0, 0.05) is 17.5 Å². The van der Waals surface area contributed by atoms with Gasteiger partial charge in [0.2, 0.25) is 0 Å². The number of ether oxygens (including phenoxy) is 4. The Morgan fingerprint density at radius 1 is 0.795 bits per heavy atom. The molecule has 0 radical (unpaired) electrons. The third-order valence-corrected chi connectivity index (χ3v) is 10.1. The zero-order chi connectivity index (χ0) is 31.1. The van der Waals surface area contributed by atoms with E-state index in [-0.39, 0.29) is 42.7 Å². The summed E-state index contributed by atoms with van der Waals surface area (Å²) in [6.45, 7) is 5.49. The molecule has 5 rings (SSSR count). The van der Waals surface area contributed by atoms with Crippen molar-refractivity contribution in [2.24, 2.45) is 23.7 Å². The molecule has 0 aromatic heterocycles. The van der Waals surface area contributed by atoms with Gasteiger partial charge in [-0.2, -0.15) is 8.78 Å². The molecule has 1 aliphatic heterocycles. The minimum absolute atomic E-state index is 0.00643. The SMILES string of the molecule is CCCCCC1CCC(C2COC(c3ccc(C4CCC(C(F)(F)Oc5ccc(OCC)c(F)c5)CC4)c(F)c3)OC2)CC1. The third-order valence-electron chi connectivity index (χ3n) is 10.1. The van der Waals surface area contributed by atoms with Crippen LogP contribution in [-0.4, -0.2) is 25.9 Å². The van der Waals surface area contributed by atoms with E-state index in [1.165, 1.54) is 69.6 Å². The van der Waals surface area contributed by atoms with E-state index in [0.29, 0.717) is 49.0 Å². The smallest absolute Gasteiger partial charge is 0.400 e. The molecule has 4 nitrogen and oxygen atoms in total. The van der Waals surface area contributed by atoms with Crippen molar-refractivity contribution in [3.8, 4) is 11.5 Å². The summed E-state index contributed by atoms with van der Waals surface area (Å²) in [7, 11) is 0. The quantitative estimate of drug-likeness (QED) is 0.175. The van der Waals surface area contributed by atoms with Crippen molar-refractivity contribution >= 4 is 0 Å². The molecule has 3 aliphatic rings. The summed E-state index contributed by atoms with van der Waals surface area (Å²) in [6.07, 6.45) is 7.52. The lowest BCUT2D eigenvalue weighted by Crippen LogP contribution is -2.37. The van der Waals surface area contributed by atoms with E-state index in [1.54, 1.807) is 13.0 Å². The summed E-state index contributed by atoms with van der Waals surface area (Å²) in [5, 5.41) is 0. The van der Waals surface area contributed by atoms with Gasteiger partial charge in [0.05, 0.1) is 25.7 Å². The van der Waals surface area contributed by atoms with Crippen molar-refractivity contribution in [3.63, 3.8) is 0 Å². The van der Waals surface area contributed by atoms with Crippen molar-refractivity contribution < 1.29 is 36.5 Å². The maximum absolute atomic E-state index is 15.3. The minimum Gasteiger partial charge on any atom is -0.491 e. The first-order valence-corrected chi connectivity index (χ1v) is 16.8. The molecule has 0 spiro atoms. The van der Waals surface area contributed by atoms with Gasteiger partial charge in [0.25, 0.3) is 0 Å². The molecule has 3 fully saturated rings. The summed E-state index contributed by atoms with van der Waals surface area (Å²) >= 11 is 0. The Balaban J connectivity index is 1.08. The summed E-state index contributed by atoms with van der Waals surface area (Å²) in [6, 6.07) is 8.57. The molecular weight excluding hydrogens is 572 g/mol. The van der Waals surface area contributed by atoms with Gasteiger partial charge in [-0.25, -0.2) is 8.78 Å². The van der Waals surface area contributed by atoms with Crippen LogP contribution in [0.1, 0.15) is 114 Å². The minimum atomic E-state index is -3.46. The first-order valence-electron chi connectivity index (χ1n) is 16.8. The topological polar surface area (TPSA) is 36.9 Å². The summed E-state index contributed by atoms with van der Waals surface area (Å²) in [5.74, 6) is -0.664. The molecule has 0 amide bonds. The number of unbranched alkanes of at least 4 members (excludes halogenated alkanes) is 2. The van der Waals surface area contributed by atoms with Crippen LogP contribution in [0.5, 0.6) is 11.5 Å². The van der Waals surface area contributed by atoms with Gasteiger partial charge in [-0.05, 0) is 87.0 Å². The van der Waals surface area contributed by atoms with Gasteiger partial charge in [-0.3, -0.25) is 0 Å². The van der Waals surface area contributed by atoms with E-state index < -0.39 is 24.1 Å². The van der Waals surface area contributed by atoms with Crippen molar-refractivity contribution in [2.45, 2.75) is 109 Å². The Bertz CT molecular complexity index is 1180. The highest BCUT2D eigenvalue weighted by molar-refractivity contribution is 5.33. The Morgan fingerprint density at radius 2 is 1.52 bits per heavy atom. The number of alkyl halides is 2. The van der Waals surface area contributed by atoms with Gasteiger partial charge in [-0.15, -0.1) is 0 Å². The van der Waals surface area contributed by atoms with Crippen LogP contribution in [0.15, 0.2) is 36.4 Å². The summed E-state index contributed by atoms with van der Waals surface area (Å²) in [4.78, 5) is 0. The molecule has 0 bridgehead atoms. The Hall–Kier alpha value is -2.32. The van der Waals surface area contributed by atoms with E-state index in [2.05, 4.69) is 6.92 Å². The van der Waals surface area contributed by atoms with Crippen molar-refractivity contribution in [2.75, 3.05) is 19.8 Å². The number of halogens is 4. The van der Waals surface area contributed by atoms with Gasteiger partial charge >= 0.3 is 6.11 Å². The van der Waals surface area contributed by atoms with Crippen LogP contribution < -0.4 is 9.47 Å². The van der Waals surface area contributed by atoms with Crippen LogP contribution in [0.2, 0.25) is 0 Å². The highest BCUT2D eigenvalue weighted by Crippen LogP contribution is 2.45. The Kier molecular flexibility index (Phi) is 11.5. The summed E-state index contributed by atoms with van der Waals surface area (Å²) in [5.41, 5.74) is 1.19. The molecule has 2 aliphatic carbocycles. The molecule has 8 heteroatoms. The van der Waals surface area contributed by atoms with Crippen LogP contribution in [0, 0.1) is 35.3 Å². The van der Waals surface area contributed by atoms with Crippen molar-refractivity contribution in [3.05, 3.63) is 59.2 Å². The summed E-state index contributed by atoms with van der Waals surface area (Å²) < 4.78 is 81.7. The molecule has 0 N–H and O–H groups in total. The normalized spacial score (nSPS) is 28.0. The van der Waals surface area contributed by atoms with Crippen LogP contribution >= 0.6 is 0 Å². The van der Waals surface area contributed by atoms with Crippen LogP contribution in [0.3, 0.4) is 0 Å².